The first kappa shape index (κ1) is 50.8. The van der Waals surface area contributed by atoms with Crippen LogP contribution in [-0.2, 0) is 50.7 Å². The molecule has 2 amide bonds. The maximum absolute atomic E-state index is 12.7. The van der Waals surface area contributed by atoms with Crippen molar-refractivity contribution in [2.75, 3.05) is 49.3 Å². The monoisotopic (exact) mass is 938 g/mol. The van der Waals surface area contributed by atoms with E-state index in [0.29, 0.717) is 12.2 Å². The van der Waals surface area contributed by atoms with Crippen LogP contribution >= 0.6 is 47.0 Å². The molecule has 1 aliphatic heterocycles. The van der Waals surface area contributed by atoms with Crippen LogP contribution in [0.5, 0.6) is 0 Å². The van der Waals surface area contributed by atoms with E-state index in [1.54, 1.807) is 11.8 Å². The zero-order valence-corrected chi connectivity index (χ0v) is 36.3. The summed E-state index contributed by atoms with van der Waals surface area (Å²) in [4.78, 5) is 88.3. The first-order chi connectivity index (χ1) is 27.5. The van der Waals surface area contributed by atoms with Crippen LogP contribution in [0.3, 0.4) is 0 Å². The molecule has 59 heavy (non-hydrogen) atoms. The number of thioether (sulfide) groups is 2. The Labute approximate surface area is 346 Å². The number of imidazole rings is 1. The van der Waals surface area contributed by atoms with Crippen molar-refractivity contribution in [3.8, 4) is 0 Å². The average Bonchev–Trinajstić information content (AvgIpc) is 3.71. The van der Waals surface area contributed by atoms with Crippen LogP contribution in [-0.4, -0.2) is 140 Å². The fourth-order valence-electron chi connectivity index (χ4n) is 5.14. The summed E-state index contributed by atoms with van der Waals surface area (Å²) >= 11 is 2.77. The molecule has 334 valence electrons. The molecule has 11 N–H and O–H groups in total. The Kier molecular flexibility index (Phi) is 19.4. The van der Waals surface area contributed by atoms with Crippen LogP contribution in [0.2, 0.25) is 0 Å². The number of nitrogen functional groups attached to an aromatic ring is 1. The number of ether oxygens (including phenoxy) is 1. The fourth-order valence-corrected chi connectivity index (χ4v) is 9.45. The second kappa shape index (κ2) is 22.5. The SMILES string of the molecule is C=CN[C@@H](CCSCC)C(=O)SCCNC(=O)CCNC(=O)[C@H](O)C(C)(C)COP(=O)(O)OP(=O)(O)OC[C@H]1O[C@@H](n2cnc3c(N)ncnc32)[C@H](O)[C@@H]1OP(=O)(O)O. The number of phosphoric ester groups is 3. The molecule has 0 radical (unpaired) electrons. The van der Waals surface area contributed by atoms with Gasteiger partial charge in [-0.2, -0.15) is 16.1 Å². The number of fused-ring (bicyclic) bond motifs is 1. The van der Waals surface area contributed by atoms with Gasteiger partial charge in [0.15, 0.2) is 17.7 Å². The van der Waals surface area contributed by atoms with E-state index >= 15 is 0 Å². The van der Waals surface area contributed by atoms with Gasteiger partial charge in [-0.05, 0) is 24.1 Å². The summed E-state index contributed by atoms with van der Waals surface area (Å²) in [5.74, 6) is 0.565. The topological polar surface area (TPSA) is 376 Å². The Hall–Kier alpha value is -2.55. The summed E-state index contributed by atoms with van der Waals surface area (Å²) < 4.78 is 62.2. The number of nitrogens with one attached hydrogen (secondary N) is 3. The van der Waals surface area contributed by atoms with E-state index < -0.39 is 90.6 Å². The normalized spacial score (nSPS) is 21.6. The van der Waals surface area contributed by atoms with Crippen molar-refractivity contribution in [3.05, 3.63) is 25.4 Å². The van der Waals surface area contributed by atoms with Gasteiger partial charge in [0, 0.05) is 30.7 Å². The number of aliphatic hydroxyl groups is 2. The lowest BCUT2D eigenvalue weighted by Gasteiger charge is -2.30. The number of amides is 2. The minimum atomic E-state index is -5.58. The smallest absolute Gasteiger partial charge is 0.386 e. The van der Waals surface area contributed by atoms with Gasteiger partial charge in [0.1, 0.15) is 36.3 Å². The number of phosphoric acid groups is 3. The third-order valence-electron chi connectivity index (χ3n) is 8.10. The van der Waals surface area contributed by atoms with E-state index in [4.69, 9.17) is 19.5 Å². The van der Waals surface area contributed by atoms with E-state index in [0.717, 1.165) is 40.5 Å². The molecule has 0 aliphatic carbocycles. The molecule has 1 aliphatic rings. The molecule has 0 bridgehead atoms. The number of carbonyl (C=O) groups is 3. The molecule has 30 heteroatoms. The van der Waals surface area contributed by atoms with Crippen LogP contribution in [0.1, 0.15) is 39.8 Å². The highest BCUT2D eigenvalue weighted by Gasteiger charge is 2.50. The average molecular weight is 939 g/mol. The number of nitrogens with two attached hydrogens (primary N) is 1. The van der Waals surface area contributed by atoms with E-state index in [1.165, 1.54) is 20.0 Å². The van der Waals surface area contributed by atoms with E-state index in [-0.39, 0.29) is 41.6 Å². The zero-order valence-electron chi connectivity index (χ0n) is 32.0. The van der Waals surface area contributed by atoms with Crippen LogP contribution in [0.15, 0.2) is 25.4 Å². The molecule has 0 aromatic carbocycles. The van der Waals surface area contributed by atoms with Crippen molar-refractivity contribution < 1.29 is 80.5 Å². The minimum absolute atomic E-state index is 0.0287. The summed E-state index contributed by atoms with van der Waals surface area (Å²) in [7, 11) is -16.4. The second-order valence-corrected chi connectivity index (χ2v) is 19.9. The standard InChI is InChI=1S/C29H49N8O17P3S2/c1-5-31-17(8-11-58-6-2)28(42)59-12-10-32-19(38)7-9-33-26(41)23(40)29(3,4)14-51-57(48,49)54-56(46,47)50-13-18-22(53-55(43,44)45)21(39)27(52-18)37-16-36-20-24(30)34-15-35-25(20)37/h5,15-18,21-23,27,31,39-40H,1,6-14H2,2-4H3,(H,32,38)(H,33,41)(H,46,47)(H,48,49)(H2,30,34,35)(H2,43,44,45)/t17-,18+,21+,22+,23-,27+/m0/s1. The molecular weight excluding hydrogens is 889 g/mol. The van der Waals surface area contributed by atoms with Gasteiger partial charge in [-0.3, -0.25) is 32.5 Å². The van der Waals surface area contributed by atoms with E-state index in [9.17, 15) is 57.9 Å². The zero-order chi connectivity index (χ0) is 44.2. The van der Waals surface area contributed by atoms with Gasteiger partial charge >= 0.3 is 23.5 Å². The van der Waals surface area contributed by atoms with Crippen LogP contribution in [0.25, 0.3) is 11.2 Å². The Morgan fingerprint density at radius 2 is 1.78 bits per heavy atom. The highest BCUT2D eigenvalue weighted by Crippen LogP contribution is 2.61. The van der Waals surface area contributed by atoms with Crippen molar-refractivity contribution in [1.29, 1.82) is 0 Å². The number of aliphatic hydroxyl groups excluding tert-OH is 2. The van der Waals surface area contributed by atoms with Gasteiger partial charge in [-0.15, -0.1) is 0 Å². The molecule has 3 heterocycles. The van der Waals surface area contributed by atoms with Crippen molar-refractivity contribution in [2.45, 2.75) is 70.3 Å². The summed E-state index contributed by atoms with van der Waals surface area (Å²) in [5, 5.41) is 29.3. The van der Waals surface area contributed by atoms with Crippen molar-refractivity contribution in [1.82, 2.24) is 35.5 Å². The van der Waals surface area contributed by atoms with Gasteiger partial charge in [0.25, 0.3) is 0 Å². The molecule has 25 nitrogen and oxygen atoms in total. The van der Waals surface area contributed by atoms with E-state index in [2.05, 4.69) is 46.3 Å². The molecule has 1 fully saturated rings. The molecule has 2 aromatic heterocycles. The van der Waals surface area contributed by atoms with Gasteiger partial charge in [0.05, 0.1) is 25.6 Å². The lowest BCUT2D eigenvalue weighted by Crippen LogP contribution is -2.46. The Balaban J connectivity index is 1.46. The number of carbonyl (C=O) groups excluding carboxylic acids is 3. The van der Waals surface area contributed by atoms with Crippen LogP contribution < -0.4 is 21.7 Å². The fraction of sp³-hybridized carbons (Fsp3) is 0.655. The molecule has 8 atom stereocenters. The molecule has 0 saturated carbocycles. The first-order valence-electron chi connectivity index (χ1n) is 17.5. The number of nitrogens with zero attached hydrogens (tertiary/aromatic N) is 4. The van der Waals surface area contributed by atoms with Crippen molar-refractivity contribution in [2.24, 2.45) is 5.41 Å². The predicted molar refractivity (Wildman–Crippen MR) is 212 cm³/mol. The summed E-state index contributed by atoms with van der Waals surface area (Å²) in [6.07, 6.45) is -4.87. The summed E-state index contributed by atoms with van der Waals surface area (Å²) in [5.41, 5.74) is 4.25. The Bertz CT molecular complexity index is 1910. The van der Waals surface area contributed by atoms with Crippen LogP contribution in [0, 0.1) is 5.41 Å². The number of rotatable bonds is 26. The maximum Gasteiger partial charge on any atom is 0.481 e. The Morgan fingerprint density at radius 3 is 2.44 bits per heavy atom. The summed E-state index contributed by atoms with van der Waals surface area (Å²) in [6, 6.07) is -0.399. The molecule has 2 aromatic rings. The molecule has 2 unspecified atom stereocenters. The molecule has 3 rings (SSSR count). The lowest BCUT2D eigenvalue weighted by atomic mass is 9.87. The van der Waals surface area contributed by atoms with Gasteiger partial charge in [-0.1, -0.05) is 39.1 Å². The second-order valence-electron chi connectivity index (χ2n) is 13.1. The first-order valence-corrected chi connectivity index (χ1v) is 24.2. The minimum Gasteiger partial charge on any atom is -0.386 e. The highest BCUT2D eigenvalue weighted by atomic mass is 32.2. The number of hydrogen-bond donors (Lipinski definition) is 10. The lowest BCUT2D eigenvalue weighted by molar-refractivity contribution is -0.137. The number of anilines is 1. The largest absolute Gasteiger partial charge is 0.481 e. The molecule has 1 saturated heterocycles. The third-order valence-corrected chi connectivity index (χ3v) is 13.1. The maximum atomic E-state index is 12.7. The third kappa shape index (κ3) is 16.0. The molecule has 0 spiro atoms. The van der Waals surface area contributed by atoms with E-state index in [1.807, 2.05) is 6.92 Å². The van der Waals surface area contributed by atoms with Crippen molar-refractivity contribution in [3.63, 3.8) is 0 Å². The van der Waals surface area contributed by atoms with Crippen LogP contribution in [0.4, 0.5) is 5.82 Å². The van der Waals surface area contributed by atoms with Crippen molar-refractivity contribution >= 4 is 80.9 Å². The van der Waals surface area contributed by atoms with Gasteiger partial charge in [-0.25, -0.2) is 28.6 Å². The summed E-state index contributed by atoms with van der Waals surface area (Å²) in [6.45, 7) is 6.06. The van der Waals surface area contributed by atoms with Gasteiger partial charge in [0.2, 0.25) is 16.9 Å². The molecular formula is C29H49N8O17P3S2. The number of aromatic nitrogens is 4. The predicted octanol–water partition coefficient (Wildman–Crippen LogP) is -0.0904. The Morgan fingerprint density at radius 1 is 1.08 bits per heavy atom. The van der Waals surface area contributed by atoms with Gasteiger partial charge < -0.3 is 56.2 Å². The number of hydrogen-bond acceptors (Lipinski definition) is 20. The quantitative estimate of drug-likeness (QED) is 0.0435. The highest BCUT2D eigenvalue weighted by molar-refractivity contribution is 8.13.